The zero-order valence-corrected chi connectivity index (χ0v) is 17.9. The molecule has 3 rings (SSSR count). The van der Waals surface area contributed by atoms with Crippen molar-refractivity contribution in [1.29, 1.82) is 0 Å². The number of phenolic OH excluding ortho intramolecular Hbond substituents is 1. The standard InChI is InChI=1S/C20H18ClNO5S2/c1-13-14(2)20(23)19(28(24,25)16-6-4-3-5-7-16)12-18(13)22-29(26,27)17-10-8-15(21)9-11-17/h3-12,22-23H,1-2H3. The summed E-state index contributed by atoms with van der Waals surface area (Å²) in [7, 11) is -8.05. The molecule has 9 heteroatoms. The Morgan fingerprint density at radius 3 is 2.00 bits per heavy atom. The highest BCUT2D eigenvalue weighted by atomic mass is 35.5. The first-order valence-corrected chi connectivity index (χ1v) is 11.8. The second kappa shape index (κ2) is 7.70. The van der Waals surface area contributed by atoms with E-state index in [1.807, 2.05) is 0 Å². The second-order valence-electron chi connectivity index (χ2n) is 6.40. The van der Waals surface area contributed by atoms with Crippen molar-refractivity contribution in [3.63, 3.8) is 0 Å². The third-order valence-electron chi connectivity index (χ3n) is 4.54. The van der Waals surface area contributed by atoms with Crippen LogP contribution in [0.2, 0.25) is 5.02 Å². The van der Waals surface area contributed by atoms with E-state index in [0.29, 0.717) is 10.6 Å². The highest BCUT2D eigenvalue weighted by molar-refractivity contribution is 7.93. The first-order valence-electron chi connectivity index (χ1n) is 8.46. The van der Waals surface area contributed by atoms with Gasteiger partial charge in [-0.2, -0.15) is 0 Å². The summed E-state index contributed by atoms with van der Waals surface area (Å²) < 4.78 is 53.8. The van der Waals surface area contributed by atoms with Crippen molar-refractivity contribution >= 4 is 37.1 Å². The number of hydrogen-bond donors (Lipinski definition) is 2. The molecule has 0 fully saturated rings. The molecule has 3 aromatic rings. The first kappa shape index (κ1) is 21.2. The van der Waals surface area contributed by atoms with Crippen LogP contribution in [0.5, 0.6) is 5.75 Å². The molecule has 152 valence electrons. The quantitative estimate of drug-likeness (QED) is 0.563. The highest BCUT2D eigenvalue weighted by Gasteiger charge is 2.26. The molecule has 0 radical (unpaired) electrons. The van der Waals surface area contributed by atoms with Crippen LogP contribution in [-0.2, 0) is 19.9 Å². The monoisotopic (exact) mass is 451 g/mol. The van der Waals surface area contributed by atoms with E-state index in [2.05, 4.69) is 4.72 Å². The molecule has 6 nitrogen and oxygen atoms in total. The Hall–Kier alpha value is -2.55. The van der Waals surface area contributed by atoms with Crippen molar-refractivity contribution in [1.82, 2.24) is 0 Å². The third kappa shape index (κ3) is 4.10. The number of benzene rings is 3. The highest BCUT2D eigenvalue weighted by Crippen LogP contribution is 2.37. The van der Waals surface area contributed by atoms with Crippen LogP contribution in [0.4, 0.5) is 5.69 Å². The van der Waals surface area contributed by atoms with Crippen molar-refractivity contribution in [2.45, 2.75) is 28.5 Å². The van der Waals surface area contributed by atoms with Gasteiger partial charge in [-0.05, 0) is 67.4 Å². The van der Waals surface area contributed by atoms with Gasteiger partial charge in [0.1, 0.15) is 10.6 Å². The molecular formula is C20H18ClNO5S2. The number of phenols is 1. The Morgan fingerprint density at radius 2 is 1.41 bits per heavy atom. The molecule has 0 aliphatic rings. The van der Waals surface area contributed by atoms with Crippen LogP contribution in [0.1, 0.15) is 11.1 Å². The second-order valence-corrected chi connectivity index (χ2v) is 10.4. The molecule has 0 aromatic heterocycles. The topological polar surface area (TPSA) is 101 Å². The van der Waals surface area contributed by atoms with Crippen molar-refractivity contribution in [3.05, 3.63) is 76.8 Å². The van der Waals surface area contributed by atoms with Crippen LogP contribution < -0.4 is 4.72 Å². The van der Waals surface area contributed by atoms with Gasteiger partial charge in [0.25, 0.3) is 10.0 Å². The van der Waals surface area contributed by atoms with Gasteiger partial charge in [0.15, 0.2) is 0 Å². The summed E-state index contributed by atoms with van der Waals surface area (Å²) in [5.74, 6) is -0.416. The predicted octanol–water partition coefficient (Wildman–Crippen LogP) is 4.30. The average Bonchev–Trinajstić information content (AvgIpc) is 2.69. The number of anilines is 1. The minimum Gasteiger partial charge on any atom is -0.506 e. The van der Waals surface area contributed by atoms with E-state index in [0.717, 1.165) is 6.07 Å². The molecule has 0 saturated carbocycles. The van der Waals surface area contributed by atoms with Crippen LogP contribution in [0.3, 0.4) is 0 Å². The largest absolute Gasteiger partial charge is 0.506 e. The van der Waals surface area contributed by atoms with Gasteiger partial charge in [-0.15, -0.1) is 0 Å². The Morgan fingerprint density at radius 1 is 0.828 bits per heavy atom. The van der Waals surface area contributed by atoms with Crippen LogP contribution in [0, 0.1) is 13.8 Å². The lowest BCUT2D eigenvalue weighted by atomic mass is 10.1. The molecule has 0 saturated heterocycles. The molecule has 0 amide bonds. The van der Waals surface area contributed by atoms with E-state index in [4.69, 9.17) is 11.6 Å². The SMILES string of the molecule is Cc1c(NS(=O)(=O)c2ccc(Cl)cc2)cc(S(=O)(=O)c2ccccc2)c(O)c1C. The van der Waals surface area contributed by atoms with E-state index < -0.39 is 25.6 Å². The van der Waals surface area contributed by atoms with Gasteiger partial charge in [0.05, 0.1) is 15.5 Å². The third-order valence-corrected chi connectivity index (χ3v) is 7.96. The van der Waals surface area contributed by atoms with Crippen LogP contribution >= 0.6 is 11.6 Å². The molecular weight excluding hydrogens is 434 g/mol. The number of sulfonamides is 1. The number of rotatable bonds is 5. The van der Waals surface area contributed by atoms with Crippen LogP contribution in [-0.4, -0.2) is 21.9 Å². The van der Waals surface area contributed by atoms with Gasteiger partial charge < -0.3 is 5.11 Å². The van der Waals surface area contributed by atoms with E-state index in [1.54, 1.807) is 25.1 Å². The van der Waals surface area contributed by atoms with E-state index in [1.165, 1.54) is 43.3 Å². The summed E-state index contributed by atoms with van der Waals surface area (Å²) in [6.07, 6.45) is 0. The molecule has 0 heterocycles. The van der Waals surface area contributed by atoms with E-state index in [9.17, 15) is 21.9 Å². The maximum absolute atomic E-state index is 13.0. The minimum atomic E-state index is -4.06. The fourth-order valence-corrected chi connectivity index (χ4v) is 5.42. The summed E-state index contributed by atoms with van der Waals surface area (Å²) in [5.41, 5.74) is 0.729. The first-order chi connectivity index (χ1) is 13.5. The van der Waals surface area contributed by atoms with Gasteiger partial charge in [0.2, 0.25) is 9.84 Å². The average molecular weight is 452 g/mol. The van der Waals surface area contributed by atoms with Crippen molar-refractivity contribution in [2.75, 3.05) is 4.72 Å². The lowest BCUT2D eigenvalue weighted by Crippen LogP contribution is -2.15. The Balaban J connectivity index is 2.13. The van der Waals surface area contributed by atoms with Crippen molar-refractivity contribution < 1.29 is 21.9 Å². The Bertz CT molecular complexity index is 1270. The number of nitrogens with one attached hydrogen (secondary N) is 1. The van der Waals surface area contributed by atoms with Crippen molar-refractivity contribution in [3.8, 4) is 5.75 Å². The number of halogens is 1. The minimum absolute atomic E-state index is 0.00920. The molecule has 0 aliphatic heterocycles. The van der Waals surface area contributed by atoms with Crippen LogP contribution in [0.25, 0.3) is 0 Å². The summed E-state index contributed by atoms with van der Waals surface area (Å²) >= 11 is 5.80. The fraction of sp³-hybridized carbons (Fsp3) is 0.100. The van der Waals surface area contributed by atoms with Gasteiger partial charge >= 0.3 is 0 Å². The smallest absolute Gasteiger partial charge is 0.261 e. The Kier molecular flexibility index (Phi) is 5.62. The summed E-state index contributed by atoms with van der Waals surface area (Å²) in [6, 6.07) is 14.3. The maximum atomic E-state index is 13.0. The predicted molar refractivity (Wildman–Crippen MR) is 112 cm³/mol. The molecule has 2 N–H and O–H groups in total. The van der Waals surface area contributed by atoms with E-state index in [-0.39, 0.29) is 25.9 Å². The van der Waals surface area contributed by atoms with Crippen LogP contribution in [0.15, 0.2) is 75.4 Å². The maximum Gasteiger partial charge on any atom is 0.261 e. The molecule has 0 atom stereocenters. The summed E-state index contributed by atoms with van der Waals surface area (Å²) in [6.45, 7) is 3.11. The fourth-order valence-electron chi connectivity index (χ4n) is 2.73. The molecule has 0 spiro atoms. The Labute approximate surface area is 174 Å². The van der Waals surface area contributed by atoms with E-state index >= 15 is 0 Å². The van der Waals surface area contributed by atoms with Gasteiger partial charge in [0, 0.05) is 5.02 Å². The van der Waals surface area contributed by atoms with Gasteiger partial charge in [-0.25, -0.2) is 16.8 Å². The molecule has 0 bridgehead atoms. The number of aromatic hydroxyl groups is 1. The molecule has 0 unspecified atom stereocenters. The van der Waals surface area contributed by atoms with Crippen molar-refractivity contribution in [2.24, 2.45) is 0 Å². The normalized spacial score (nSPS) is 12.0. The van der Waals surface area contributed by atoms with Gasteiger partial charge in [-0.3, -0.25) is 4.72 Å². The zero-order chi connectivity index (χ0) is 21.4. The molecule has 3 aromatic carbocycles. The van der Waals surface area contributed by atoms with Gasteiger partial charge in [-0.1, -0.05) is 29.8 Å². The molecule has 29 heavy (non-hydrogen) atoms. The number of hydrogen-bond acceptors (Lipinski definition) is 5. The lowest BCUT2D eigenvalue weighted by molar-refractivity contribution is 0.454. The lowest BCUT2D eigenvalue weighted by Gasteiger charge is -2.17. The molecule has 0 aliphatic carbocycles. The summed E-state index contributed by atoms with van der Waals surface area (Å²) in [5, 5.41) is 10.9. The number of sulfone groups is 1. The zero-order valence-electron chi connectivity index (χ0n) is 15.5. The summed E-state index contributed by atoms with van der Waals surface area (Å²) in [4.78, 5) is -0.412.